The van der Waals surface area contributed by atoms with Crippen LogP contribution in [0.1, 0.15) is 51.9 Å². The number of likely N-dealkylation sites (tertiary alicyclic amines) is 1. The number of amides is 1. The molecule has 0 aromatic carbocycles. The van der Waals surface area contributed by atoms with E-state index in [9.17, 15) is 9.90 Å². The first kappa shape index (κ1) is 12.9. The smallest absolute Gasteiger partial charge is 0.222 e. The van der Waals surface area contributed by atoms with Crippen molar-refractivity contribution in [2.45, 2.75) is 58.0 Å². The highest BCUT2D eigenvalue weighted by molar-refractivity contribution is 5.76. The van der Waals surface area contributed by atoms with Gasteiger partial charge in [-0.1, -0.05) is 12.8 Å². The Morgan fingerprint density at radius 1 is 1.24 bits per heavy atom. The first-order chi connectivity index (χ1) is 8.16. The van der Waals surface area contributed by atoms with Gasteiger partial charge in [0.15, 0.2) is 0 Å². The minimum absolute atomic E-state index is 0.220. The van der Waals surface area contributed by atoms with Crippen LogP contribution in [0.2, 0.25) is 0 Å². The van der Waals surface area contributed by atoms with Gasteiger partial charge in [-0.3, -0.25) is 4.79 Å². The Bertz CT molecular complexity index is 251. The lowest BCUT2D eigenvalue weighted by Gasteiger charge is -2.33. The van der Waals surface area contributed by atoms with Gasteiger partial charge in [0.1, 0.15) is 0 Å². The Hall–Kier alpha value is -0.570. The molecule has 0 bridgehead atoms. The molecule has 17 heavy (non-hydrogen) atoms. The van der Waals surface area contributed by atoms with E-state index in [1.165, 1.54) is 25.7 Å². The predicted octanol–water partition coefficient (Wildman–Crippen LogP) is 2.19. The molecule has 1 atom stereocenters. The number of nitrogens with zero attached hydrogens (tertiary/aromatic N) is 1. The van der Waals surface area contributed by atoms with Gasteiger partial charge in [-0.15, -0.1) is 0 Å². The lowest BCUT2D eigenvalue weighted by molar-refractivity contribution is -0.134. The summed E-state index contributed by atoms with van der Waals surface area (Å²) in [6.07, 6.45) is 7.58. The van der Waals surface area contributed by atoms with E-state index in [-0.39, 0.29) is 6.10 Å². The van der Waals surface area contributed by atoms with Crippen molar-refractivity contribution in [1.82, 2.24) is 4.90 Å². The van der Waals surface area contributed by atoms with E-state index >= 15 is 0 Å². The van der Waals surface area contributed by atoms with Crippen LogP contribution in [0, 0.1) is 11.8 Å². The fraction of sp³-hybridized carbons (Fsp3) is 0.929. The van der Waals surface area contributed by atoms with E-state index in [1.807, 2.05) is 11.8 Å². The molecule has 1 saturated carbocycles. The fourth-order valence-corrected chi connectivity index (χ4v) is 3.22. The van der Waals surface area contributed by atoms with Gasteiger partial charge in [-0.2, -0.15) is 0 Å². The number of carbonyl (C=O) groups excluding carboxylic acids is 1. The quantitative estimate of drug-likeness (QED) is 0.820. The SMILES string of the molecule is CC(O)C1CCN(C(=O)CC2CCCC2)CC1. The summed E-state index contributed by atoms with van der Waals surface area (Å²) in [5.41, 5.74) is 0. The number of aliphatic hydroxyl groups is 1. The van der Waals surface area contributed by atoms with Crippen molar-refractivity contribution in [3.05, 3.63) is 0 Å². The molecule has 3 heteroatoms. The molecule has 0 aromatic heterocycles. The lowest BCUT2D eigenvalue weighted by atomic mass is 9.91. The fourth-order valence-electron chi connectivity index (χ4n) is 3.22. The summed E-state index contributed by atoms with van der Waals surface area (Å²) in [5.74, 6) is 1.39. The van der Waals surface area contributed by atoms with E-state index in [4.69, 9.17) is 0 Å². The van der Waals surface area contributed by atoms with Crippen LogP contribution < -0.4 is 0 Å². The van der Waals surface area contributed by atoms with Crippen molar-refractivity contribution in [2.24, 2.45) is 11.8 Å². The molecule has 0 radical (unpaired) electrons. The third-order valence-electron chi connectivity index (χ3n) is 4.51. The molecule has 1 aliphatic carbocycles. The summed E-state index contributed by atoms with van der Waals surface area (Å²) in [6, 6.07) is 0. The zero-order valence-corrected chi connectivity index (χ0v) is 10.9. The number of hydrogen-bond acceptors (Lipinski definition) is 2. The standard InChI is InChI=1S/C14H25NO2/c1-11(16)13-6-8-15(9-7-13)14(17)10-12-4-2-3-5-12/h11-13,16H,2-10H2,1H3. The van der Waals surface area contributed by atoms with Crippen LogP contribution >= 0.6 is 0 Å². The molecule has 1 heterocycles. The van der Waals surface area contributed by atoms with Crippen molar-refractivity contribution in [3.8, 4) is 0 Å². The van der Waals surface area contributed by atoms with Gasteiger partial charge in [-0.05, 0) is 44.4 Å². The first-order valence-electron chi connectivity index (χ1n) is 7.12. The highest BCUT2D eigenvalue weighted by Crippen LogP contribution is 2.29. The van der Waals surface area contributed by atoms with Gasteiger partial charge >= 0.3 is 0 Å². The number of aliphatic hydroxyl groups excluding tert-OH is 1. The van der Waals surface area contributed by atoms with Crippen molar-refractivity contribution < 1.29 is 9.90 Å². The summed E-state index contributed by atoms with van der Waals surface area (Å²) in [5, 5.41) is 9.53. The Morgan fingerprint density at radius 2 is 1.82 bits per heavy atom. The minimum atomic E-state index is -0.220. The van der Waals surface area contributed by atoms with Crippen LogP contribution in [0.15, 0.2) is 0 Å². The second kappa shape index (κ2) is 5.85. The molecule has 2 rings (SSSR count). The summed E-state index contributed by atoms with van der Waals surface area (Å²) >= 11 is 0. The molecular weight excluding hydrogens is 214 g/mol. The van der Waals surface area contributed by atoms with E-state index < -0.39 is 0 Å². The minimum Gasteiger partial charge on any atom is -0.393 e. The van der Waals surface area contributed by atoms with Gasteiger partial charge < -0.3 is 10.0 Å². The number of carbonyl (C=O) groups is 1. The van der Waals surface area contributed by atoms with Crippen molar-refractivity contribution in [3.63, 3.8) is 0 Å². The predicted molar refractivity (Wildman–Crippen MR) is 67.6 cm³/mol. The lowest BCUT2D eigenvalue weighted by Crippen LogP contribution is -2.41. The molecular formula is C14H25NO2. The normalized spacial score (nSPS) is 25.2. The summed E-state index contributed by atoms with van der Waals surface area (Å²) in [7, 11) is 0. The Balaban J connectivity index is 1.74. The highest BCUT2D eigenvalue weighted by atomic mass is 16.3. The van der Waals surface area contributed by atoms with E-state index in [0.29, 0.717) is 17.7 Å². The molecule has 2 aliphatic rings. The highest BCUT2D eigenvalue weighted by Gasteiger charge is 2.27. The van der Waals surface area contributed by atoms with Gasteiger partial charge in [0.2, 0.25) is 5.91 Å². The molecule has 3 nitrogen and oxygen atoms in total. The molecule has 98 valence electrons. The van der Waals surface area contributed by atoms with Crippen molar-refractivity contribution in [2.75, 3.05) is 13.1 Å². The van der Waals surface area contributed by atoms with Crippen LogP contribution in [0.5, 0.6) is 0 Å². The maximum absolute atomic E-state index is 12.1. The zero-order valence-electron chi connectivity index (χ0n) is 10.9. The number of hydrogen-bond donors (Lipinski definition) is 1. The average Bonchev–Trinajstić information content (AvgIpc) is 2.82. The van der Waals surface area contributed by atoms with E-state index in [2.05, 4.69) is 0 Å². The van der Waals surface area contributed by atoms with Crippen LogP contribution in [0.25, 0.3) is 0 Å². The molecule has 1 amide bonds. The molecule has 0 spiro atoms. The van der Waals surface area contributed by atoms with Crippen molar-refractivity contribution >= 4 is 5.91 Å². The largest absolute Gasteiger partial charge is 0.393 e. The zero-order chi connectivity index (χ0) is 12.3. The van der Waals surface area contributed by atoms with Crippen LogP contribution in [-0.2, 0) is 4.79 Å². The van der Waals surface area contributed by atoms with Crippen LogP contribution in [0.4, 0.5) is 0 Å². The van der Waals surface area contributed by atoms with Gasteiger partial charge in [0, 0.05) is 19.5 Å². The number of rotatable bonds is 3. The van der Waals surface area contributed by atoms with Gasteiger partial charge in [0.25, 0.3) is 0 Å². The third kappa shape index (κ3) is 3.44. The average molecular weight is 239 g/mol. The molecule has 0 aromatic rings. The molecule has 2 fully saturated rings. The second-order valence-corrected chi connectivity index (χ2v) is 5.81. The molecule has 1 aliphatic heterocycles. The molecule has 1 N–H and O–H groups in total. The van der Waals surface area contributed by atoms with Crippen LogP contribution in [0.3, 0.4) is 0 Å². The van der Waals surface area contributed by atoms with Crippen LogP contribution in [-0.4, -0.2) is 35.1 Å². The Labute approximate surface area is 104 Å². The summed E-state index contributed by atoms with van der Waals surface area (Å²) < 4.78 is 0. The van der Waals surface area contributed by atoms with Crippen molar-refractivity contribution in [1.29, 1.82) is 0 Å². The first-order valence-corrected chi connectivity index (χ1v) is 7.12. The Morgan fingerprint density at radius 3 is 2.35 bits per heavy atom. The van der Waals surface area contributed by atoms with E-state index in [0.717, 1.165) is 32.4 Å². The van der Waals surface area contributed by atoms with E-state index in [1.54, 1.807) is 0 Å². The summed E-state index contributed by atoms with van der Waals surface area (Å²) in [6.45, 7) is 3.56. The maximum Gasteiger partial charge on any atom is 0.222 e. The monoisotopic (exact) mass is 239 g/mol. The topological polar surface area (TPSA) is 40.5 Å². The second-order valence-electron chi connectivity index (χ2n) is 5.81. The summed E-state index contributed by atoms with van der Waals surface area (Å²) in [4.78, 5) is 14.1. The third-order valence-corrected chi connectivity index (χ3v) is 4.51. The van der Waals surface area contributed by atoms with Gasteiger partial charge in [0.05, 0.1) is 6.10 Å². The molecule has 1 unspecified atom stereocenters. The Kier molecular flexibility index (Phi) is 4.43. The van der Waals surface area contributed by atoms with Gasteiger partial charge in [-0.25, -0.2) is 0 Å². The molecule has 1 saturated heterocycles. The number of piperidine rings is 1. The maximum atomic E-state index is 12.1.